The lowest BCUT2D eigenvalue weighted by Crippen LogP contribution is -2.35. The van der Waals surface area contributed by atoms with Crippen LogP contribution in [0.2, 0.25) is 0 Å². The first-order chi connectivity index (χ1) is 12.9. The van der Waals surface area contributed by atoms with Crippen LogP contribution in [-0.2, 0) is 11.3 Å². The van der Waals surface area contributed by atoms with E-state index in [0.717, 1.165) is 60.0 Å². The number of hydrogen-bond acceptors (Lipinski definition) is 7. The van der Waals surface area contributed by atoms with Crippen molar-refractivity contribution in [2.45, 2.75) is 6.54 Å². The summed E-state index contributed by atoms with van der Waals surface area (Å²) in [5.74, 6) is 1.50. The Hall–Kier alpha value is -2.48. The van der Waals surface area contributed by atoms with Gasteiger partial charge in [-0.05, 0) is 12.1 Å². The molecular formula is C19H17N3O3S. The van der Waals surface area contributed by atoms with E-state index in [9.17, 15) is 0 Å². The molecule has 132 valence electrons. The normalized spacial score (nSPS) is 15.7. The highest BCUT2D eigenvalue weighted by Crippen LogP contribution is 2.33. The van der Waals surface area contributed by atoms with E-state index < -0.39 is 0 Å². The summed E-state index contributed by atoms with van der Waals surface area (Å²) in [5.41, 5.74) is 4.51. The van der Waals surface area contributed by atoms with Crippen molar-refractivity contribution < 1.29 is 13.9 Å². The molecule has 0 radical (unpaired) electrons. The van der Waals surface area contributed by atoms with Crippen LogP contribution in [0.3, 0.4) is 0 Å². The second kappa shape index (κ2) is 6.68. The zero-order valence-electron chi connectivity index (χ0n) is 14.1. The Kier molecular flexibility index (Phi) is 4.05. The van der Waals surface area contributed by atoms with Gasteiger partial charge in [0.15, 0.2) is 5.65 Å². The van der Waals surface area contributed by atoms with Crippen LogP contribution < -0.4 is 4.74 Å². The van der Waals surface area contributed by atoms with E-state index >= 15 is 0 Å². The van der Waals surface area contributed by atoms with E-state index in [0.29, 0.717) is 5.65 Å². The smallest absolute Gasteiger partial charge is 0.174 e. The zero-order valence-corrected chi connectivity index (χ0v) is 14.9. The van der Waals surface area contributed by atoms with Gasteiger partial charge in [0.2, 0.25) is 0 Å². The van der Waals surface area contributed by atoms with Gasteiger partial charge in [-0.2, -0.15) is 0 Å². The molecule has 1 fully saturated rings. The summed E-state index contributed by atoms with van der Waals surface area (Å²) in [6.45, 7) is 4.39. The van der Waals surface area contributed by atoms with Gasteiger partial charge in [0.05, 0.1) is 25.0 Å². The number of ether oxygens (including phenoxy) is 2. The molecule has 26 heavy (non-hydrogen) atoms. The lowest BCUT2D eigenvalue weighted by atomic mass is 10.1. The molecular weight excluding hydrogens is 350 g/mol. The zero-order chi connectivity index (χ0) is 17.3. The number of fused-ring (bicyclic) bond motifs is 2. The summed E-state index contributed by atoms with van der Waals surface area (Å²) in [4.78, 5) is 10.8. The van der Waals surface area contributed by atoms with E-state index in [-0.39, 0.29) is 0 Å². The third-order valence-corrected chi connectivity index (χ3v) is 5.38. The molecule has 0 bridgehead atoms. The van der Waals surface area contributed by atoms with Gasteiger partial charge >= 0.3 is 0 Å². The van der Waals surface area contributed by atoms with Gasteiger partial charge < -0.3 is 13.9 Å². The standard InChI is InChI=1S/C19H17N3O3S/c1-2-15-13(10-22-5-7-23-8-6-22)11-24-17(15)9-14(1)25-16-3-4-20-19-18(16)26-12-21-19/h1-4,9,11-12H,5-8,10H2. The van der Waals surface area contributed by atoms with Crippen molar-refractivity contribution in [1.82, 2.24) is 14.9 Å². The molecule has 1 aliphatic rings. The maximum absolute atomic E-state index is 6.06. The van der Waals surface area contributed by atoms with Crippen molar-refractivity contribution in [3.8, 4) is 11.5 Å². The SMILES string of the molecule is c1cc(Oc2ccc3c(CN4CCOCC4)coc3c2)c2scnc2n1. The Morgan fingerprint density at radius 2 is 2.08 bits per heavy atom. The second-order valence-electron chi connectivity index (χ2n) is 6.22. The minimum Gasteiger partial charge on any atom is -0.464 e. The average molecular weight is 367 g/mol. The Morgan fingerprint density at radius 1 is 1.15 bits per heavy atom. The number of pyridine rings is 1. The van der Waals surface area contributed by atoms with Crippen molar-refractivity contribution in [3.63, 3.8) is 0 Å². The third-order valence-electron chi connectivity index (χ3n) is 4.55. The number of morpholine rings is 1. The van der Waals surface area contributed by atoms with Crippen molar-refractivity contribution in [2.24, 2.45) is 0 Å². The number of thiazole rings is 1. The van der Waals surface area contributed by atoms with Gasteiger partial charge in [-0.25, -0.2) is 9.97 Å². The van der Waals surface area contributed by atoms with Gasteiger partial charge in [-0.1, -0.05) is 0 Å². The molecule has 1 aliphatic heterocycles. The quantitative estimate of drug-likeness (QED) is 0.542. The van der Waals surface area contributed by atoms with Crippen LogP contribution in [0.25, 0.3) is 21.3 Å². The highest BCUT2D eigenvalue weighted by molar-refractivity contribution is 7.17. The minimum atomic E-state index is 0.708. The molecule has 4 heterocycles. The molecule has 5 rings (SSSR count). The van der Waals surface area contributed by atoms with Crippen molar-refractivity contribution in [3.05, 3.63) is 47.8 Å². The summed E-state index contributed by atoms with van der Waals surface area (Å²) in [7, 11) is 0. The topological polar surface area (TPSA) is 60.6 Å². The Bertz CT molecular complexity index is 1050. The number of rotatable bonds is 4. The fraction of sp³-hybridized carbons (Fsp3) is 0.263. The molecule has 0 atom stereocenters. The first-order valence-electron chi connectivity index (χ1n) is 8.53. The lowest BCUT2D eigenvalue weighted by molar-refractivity contribution is 0.0342. The second-order valence-corrected chi connectivity index (χ2v) is 7.08. The molecule has 1 aromatic carbocycles. The van der Waals surface area contributed by atoms with Gasteiger partial charge in [-0.3, -0.25) is 4.90 Å². The van der Waals surface area contributed by atoms with Crippen LogP contribution in [-0.4, -0.2) is 41.2 Å². The van der Waals surface area contributed by atoms with Crippen LogP contribution >= 0.6 is 11.3 Å². The van der Waals surface area contributed by atoms with Crippen LogP contribution in [0.5, 0.6) is 11.5 Å². The fourth-order valence-electron chi connectivity index (χ4n) is 3.21. The number of hydrogen-bond donors (Lipinski definition) is 0. The third kappa shape index (κ3) is 2.94. The molecule has 0 spiro atoms. The lowest BCUT2D eigenvalue weighted by Gasteiger charge is -2.26. The summed E-state index contributed by atoms with van der Waals surface area (Å²) in [6.07, 6.45) is 3.56. The van der Waals surface area contributed by atoms with Gasteiger partial charge in [0.25, 0.3) is 0 Å². The Labute approximate surface area is 154 Å². The van der Waals surface area contributed by atoms with Gasteiger partial charge in [0, 0.05) is 48.9 Å². The monoisotopic (exact) mass is 367 g/mol. The van der Waals surface area contributed by atoms with E-state index in [1.54, 1.807) is 11.7 Å². The fourth-order valence-corrected chi connectivity index (χ4v) is 3.90. The average Bonchev–Trinajstić information content (AvgIpc) is 3.30. The molecule has 0 aliphatic carbocycles. The van der Waals surface area contributed by atoms with Crippen LogP contribution in [0, 0.1) is 0 Å². The highest BCUT2D eigenvalue weighted by Gasteiger charge is 2.15. The van der Waals surface area contributed by atoms with E-state index in [2.05, 4.69) is 20.9 Å². The van der Waals surface area contributed by atoms with Crippen molar-refractivity contribution in [2.75, 3.05) is 26.3 Å². The molecule has 6 nitrogen and oxygen atoms in total. The number of benzene rings is 1. The minimum absolute atomic E-state index is 0.708. The molecule has 4 aromatic rings. The van der Waals surface area contributed by atoms with Gasteiger partial charge in [-0.15, -0.1) is 11.3 Å². The summed E-state index contributed by atoms with van der Waals surface area (Å²) >= 11 is 1.52. The van der Waals surface area contributed by atoms with E-state index in [4.69, 9.17) is 13.9 Å². The number of furan rings is 1. The van der Waals surface area contributed by atoms with E-state index in [1.165, 1.54) is 16.9 Å². The Balaban J connectivity index is 1.41. The molecule has 0 unspecified atom stereocenters. The number of aromatic nitrogens is 2. The first kappa shape index (κ1) is 15.7. The Morgan fingerprint density at radius 3 is 3.00 bits per heavy atom. The highest BCUT2D eigenvalue weighted by atomic mass is 32.1. The van der Waals surface area contributed by atoms with Crippen LogP contribution in [0.1, 0.15) is 5.56 Å². The molecule has 0 N–H and O–H groups in total. The predicted molar refractivity (Wildman–Crippen MR) is 99.8 cm³/mol. The summed E-state index contributed by atoms with van der Waals surface area (Å²) < 4.78 is 18.2. The summed E-state index contributed by atoms with van der Waals surface area (Å²) in [5, 5.41) is 1.13. The molecule has 0 amide bonds. The van der Waals surface area contributed by atoms with Crippen LogP contribution in [0.4, 0.5) is 0 Å². The van der Waals surface area contributed by atoms with Crippen molar-refractivity contribution in [1.29, 1.82) is 0 Å². The molecule has 0 saturated carbocycles. The van der Waals surface area contributed by atoms with Gasteiger partial charge in [0.1, 0.15) is 21.8 Å². The first-order valence-corrected chi connectivity index (χ1v) is 9.41. The summed E-state index contributed by atoms with van der Waals surface area (Å²) in [6, 6.07) is 7.84. The largest absolute Gasteiger partial charge is 0.464 e. The van der Waals surface area contributed by atoms with Crippen molar-refractivity contribution >= 4 is 32.7 Å². The molecule has 3 aromatic heterocycles. The molecule has 1 saturated heterocycles. The van der Waals surface area contributed by atoms with E-state index in [1.807, 2.05) is 24.5 Å². The maximum Gasteiger partial charge on any atom is 0.174 e. The predicted octanol–water partition coefficient (Wildman–Crippen LogP) is 4.06. The molecule has 7 heteroatoms. The van der Waals surface area contributed by atoms with Crippen LogP contribution in [0.15, 0.2) is 46.7 Å². The number of nitrogens with zero attached hydrogens (tertiary/aromatic N) is 3. The maximum atomic E-state index is 6.06.